The average Bonchev–Trinajstić information content (AvgIpc) is 3.89. The Labute approximate surface area is 230 Å². The van der Waals surface area contributed by atoms with Crippen molar-refractivity contribution in [3.05, 3.63) is 46.8 Å². The van der Waals surface area contributed by atoms with Gasteiger partial charge in [0.1, 0.15) is 28.1 Å². The molecule has 14 heteroatoms. The van der Waals surface area contributed by atoms with Gasteiger partial charge in [-0.2, -0.15) is 0 Å². The molecule has 1 atom stereocenters. The fourth-order valence-electron chi connectivity index (χ4n) is 4.74. The molecular formula is C26H29N9O4S. The molecule has 208 valence electrons. The first-order chi connectivity index (χ1) is 19.3. The highest BCUT2D eigenvalue weighted by atomic mass is 32.2. The Morgan fingerprint density at radius 3 is 2.45 bits per heavy atom. The number of ether oxygens (including phenoxy) is 1. The van der Waals surface area contributed by atoms with Crippen LogP contribution in [0.3, 0.4) is 0 Å². The van der Waals surface area contributed by atoms with Gasteiger partial charge in [-0.05, 0) is 38.5 Å². The molecule has 4 aromatic rings. The van der Waals surface area contributed by atoms with E-state index in [4.69, 9.17) is 9.72 Å². The predicted molar refractivity (Wildman–Crippen MR) is 146 cm³/mol. The van der Waals surface area contributed by atoms with E-state index < -0.39 is 9.84 Å². The number of rotatable bonds is 10. The van der Waals surface area contributed by atoms with Crippen molar-refractivity contribution >= 4 is 26.8 Å². The average molecular weight is 564 g/mol. The summed E-state index contributed by atoms with van der Waals surface area (Å²) >= 11 is 0. The smallest absolute Gasteiger partial charge is 0.295 e. The van der Waals surface area contributed by atoms with Gasteiger partial charge in [0, 0.05) is 24.4 Å². The van der Waals surface area contributed by atoms with Crippen LogP contribution in [0.5, 0.6) is 5.88 Å². The third-order valence-electron chi connectivity index (χ3n) is 7.40. The number of anilines is 1. The Hall–Kier alpha value is -4.07. The molecule has 2 fully saturated rings. The molecule has 13 nitrogen and oxygen atoms in total. The van der Waals surface area contributed by atoms with Crippen molar-refractivity contribution in [2.24, 2.45) is 5.92 Å². The molecule has 4 aromatic heterocycles. The van der Waals surface area contributed by atoms with Crippen LogP contribution < -0.4 is 15.6 Å². The van der Waals surface area contributed by atoms with Crippen LogP contribution in [0.1, 0.15) is 63.0 Å². The first-order valence-corrected chi connectivity index (χ1v) is 14.9. The second kappa shape index (κ2) is 10.2. The maximum absolute atomic E-state index is 13.8. The fourth-order valence-corrected chi connectivity index (χ4v) is 5.50. The molecule has 6 rings (SSSR count). The zero-order valence-corrected chi connectivity index (χ0v) is 23.2. The Bertz CT molecular complexity index is 1750. The van der Waals surface area contributed by atoms with E-state index in [1.807, 2.05) is 6.92 Å². The number of fused-ring (bicyclic) bond motifs is 1. The van der Waals surface area contributed by atoms with Crippen LogP contribution in [0, 0.1) is 5.92 Å². The van der Waals surface area contributed by atoms with E-state index in [1.54, 1.807) is 24.8 Å². The maximum Gasteiger partial charge on any atom is 0.295 e. The minimum Gasteiger partial charge on any atom is -0.480 e. The van der Waals surface area contributed by atoms with Gasteiger partial charge in [-0.1, -0.05) is 6.92 Å². The third kappa shape index (κ3) is 4.87. The van der Waals surface area contributed by atoms with Gasteiger partial charge in [0.15, 0.2) is 27.1 Å². The number of hydrogen-bond acceptors (Lipinski definition) is 12. The standard InChI is InChI=1S/C26H29N9O4S/c1-4-40(37,38)17-9-27-19(28-10-17)12-30-23-26(36)35(14(2)15-5-6-15)24-18(33-23)11-29-22(34-24)20-21(16-7-8-16)31-13-32-25(20)39-3/h9-11,13-16H,4-8,12H2,1-3H3,(H,30,33)/t14-/m0/s1. The zero-order chi connectivity index (χ0) is 28.0. The lowest BCUT2D eigenvalue weighted by Gasteiger charge is -2.19. The third-order valence-corrected chi connectivity index (χ3v) is 9.09. The second-order valence-corrected chi connectivity index (χ2v) is 12.4. The van der Waals surface area contributed by atoms with Crippen molar-refractivity contribution < 1.29 is 13.2 Å². The van der Waals surface area contributed by atoms with Gasteiger partial charge in [0.05, 0.1) is 31.3 Å². The number of aromatic nitrogens is 8. The first-order valence-electron chi connectivity index (χ1n) is 13.3. The highest BCUT2D eigenvalue weighted by molar-refractivity contribution is 7.91. The lowest BCUT2D eigenvalue weighted by Crippen LogP contribution is -2.29. The maximum atomic E-state index is 13.8. The molecule has 2 aliphatic rings. The fraction of sp³-hybridized carbons (Fsp3) is 0.462. The first kappa shape index (κ1) is 26.2. The van der Waals surface area contributed by atoms with Gasteiger partial charge in [0.2, 0.25) is 5.88 Å². The normalized spacial score (nSPS) is 16.2. The minimum absolute atomic E-state index is 0.0383. The second-order valence-electron chi connectivity index (χ2n) is 10.1. The van der Waals surface area contributed by atoms with E-state index >= 15 is 0 Å². The van der Waals surface area contributed by atoms with Crippen molar-refractivity contribution in [2.75, 3.05) is 18.2 Å². The van der Waals surface area contributed by atoms with Crippen LogP contribution in [0.2, 0.25) is 0 Å². The summed E-state index contributed by atoms with van der Waals surface area (Å²) in [7, 11) is -1.85. The van der Waals surface area contributed by atoms with Gasteiger partial charge in [-0.25, -0.2) is 43.3 Å². The Morgan fingerprint density at radius 1 is 1.05 bits per heavy atom. The van der Waals surface area contributed by atoms with Crippen molar-refractivity contribution in [1.82, 2.24) is 39.5 Å². The number of sulfone groups is 1. The Balaban J connectivity index is 1.39. The van der Waals surface area contributed by atoms with E-state index in [-0.39, 0.29) is 34.6 Å². The lowest BCUT2D eigenvalue weighted by atomic mass is 10.1. The van der Waals surface area contributed by atoms with Crippen LogP contribution in [0.4, 0.5) is 5.82 Å². The van der Waals surface area contributed by atoms with Gasteiger partial charge >= 0.3 is 0 Å². The van der Waals surface area contributed by atoms with E-state index in [0.717, 1.165) is 31.4 Å². The number of hydrogen-bond donors (Lipinski definition) is 1. The van der Waals surface area contributed by atoms with Crippen molar-refractivity contribution in [2.45, 2.75) is 62.9 Å². The van der Waals surface area contributed by atoms with Crippen LogP contribution in [-0.4, -0.2) is 60.7 Å². The predicted octanol–water partition coefficient (Wildman–Crippen LogP) is 2.70. The molecule has 0 spiro atoms. The monoisotopic (exact) mass is 563 g/mol. The highest BCUT2D eigenvalue weighted by Gasteiger charge is 2.34. The van der Waals surface area contributed by atoms with Crippen molar-refractivity contribution in [3.8, 4) is 17.3 Å². The van der Waals surface area contributed by atoms with Gasteiger partial charge < -0.3 is 10.1 Å². The molecule has 2 aliphatic carbocycles. The summed E-state index contributed by atoms with van der Waals surface area (Å²) in [6.07, 6.45) is 9.76. The van der Waals surface area contributed by atoms with Crippen LogP contribution in [0.25, 0.3) is 22.6 Å². The van der Waals surface area contributed by atoms with Gasteiger partial charge in [0.25, 0.3) is 5.56 Å². The molecule has 0 aliphatic heterocycles. The molecule has 0 radical (unpaired) electrons. The number of methoxy groups -OCH3 is 1. The zero-order valence-electron chi connectivity index (χ0n) is 22.4. The summed E-state index contributed by atoms with van der Waals surface area (Å²) in [4.78, 5) is 44.9. The topological polar surface area (TPSA) is 168 Å². The summed E-state index contributed by atoms with van der Waals surface area (Å²) in [5.74, 6) is 1.86. The molecule has 40 heavy (non-hydrogen) atoms. The molecular weight excluding hydrogens is 534 g/mol. The van der Waals surface area contributed by atoms with Crippen molar-refractivity contribution in [3.63, 3.8) is 0 Å². The van der Waals surface area contributed by atoms with Gasteiger partial charge in [-0.3, -0.25) is 9.36 Å². The molecule has 2 saturated carbocycles. The SMILES string of the molecule is CCS(=O)(=O)c1cnc(CNc2nc3cnc(-c4c(OC)ncnc4C4CC4)nc3n([C@@H](C)C3CC3)c2=O)nc1. The summed E-state index contributed by atoms with van der Waals surface area (Å²) in [6.45, 7) is 3.66. The molecule has 0 aromatic carbocycles. The van der Waals surface area contributed by atoms with E-state index in [0.29, 0.717) is 46.1 Å². The van der Waals surface area contributed by atoms with E-state index in [1.165, 1.54) is 18.7 Å². The van der Waals surface area contributed by atoms with Crippen LogP contribution in [-0.2, 0) is 16.4 Å². The highest BCUT2D eigenvalue weighted by Crippen LogP contribution is 2.45. The summed E-state index contributed by atoms with van der Waals surface area (Å²) in [6, 6.07) is -0.104. The van der Waals surface area contributed by atoms with Crippen LogP contribution >= 0.6 is 0 Å². The molecule has 1 N–H and O–H groups in total. The van der Waals surface area contributed by atoms with Crippen molar-refractivity contribution in [1.29, 1.82) is 0 Å². The Morgan fingerprint density at radius 2 is 1.80 bits per heavy atom. The molecule has 0 saturated heterocycles. The molecule has 0 amide bonds. The summed E-state index contributed by atoms with van der Waals surface area (Å²) in [5, 5.41) is 3.03. The largest absolute Gasteiger partial charge is 0.480 e. The number of nitrogens with one attached hydrogen (secondary N) is 1. The Kier molecular flexibility index (Phi) is 6.64. The minimum atomic E-state index is -3.40. The lowest BCUT2D eigenvalue weighted by molar-refractivity contribution is 0.397. The molecule has 0 unspecified atom stereocenters. The number of nitrogens with zero attached hydrogens (tertiary/aromatic N) is 8. The van der Waals surface area contributed by atoms with Gasteiger partial charge in [-0.15, -0.1) is 0 Å². The van der Waals surface area contributed by atoms with Crippen LogP contribution in [0.15, 0.2) is 34.6 Å². The summed E-state index contributed by atoms with van der Waals surface area (Å²) in [5.41, 5.74) is 2.05. The van der Waals surface area contributed by atoms with E-state index in [9.17, 15) is 13.2 Å². The molecule has 4 heterocycles. The van der Waals surface area contributed by atoms with E-state index in [2.05, 4.69) is 35.2 Å². The molecule has 0 bridgehead atoms. The quantitative estimate of drug-likeness (QED) is 0.300. The summed E-state index contributed by atoms with van der Waals surface area (Å²) < 4.78 is 31.3.